The summed E-state index contributed by atoms with van der Waals surface area (Å²) in [5.41, 5.74) is -0.783. The lowest BCUT2D eigenvalue weighted by Crippen LogP contribution is -2.54. The Morgan fingerprint density at radius 1 is 1.10 bits per heavy atom. The average Bonchev–Trinajstić information content (AvgIpc) is 2.76. The van der Waals surface area contributed by atoms with Crippen LogP contribution in [0.3, 0.4) is 0 Å². The fourth-order valence-electron chi connectivity index (χ4n) is 3.57. The van der Waals surface area contributed by atoms with Crippen LogP contribution in [0.15, 0.2) is 24.3 Å². The minimum atomic E-state index is -2.03. The number of nitrogens with one attached hydrogen (secondary N) is 1. The summed E-state index contributed by atoms with van der Waals surface area (Å²) < 4.78 is 9.60. The predicted octanol–water partition coefficient (Wildman–Crippen LogP) is 1.05. The molecule has 2 atom stereocenters. The molecule has 1 saturated heterocycles. The van der Waals surface area contributed by atoms with Gasteiger partial charge in [0.15, 0.2) is 5.60 Å². The average molecular weight is 443 g/mol. The van der Waals surface area contributed by atoms with Crippen LogP contribution < -0.4 is 5.32 Å². The van der Waals surface area contributed by atoms with Gasteiger partial charge in [-0.3, -0.25) is 9.59 Å². The molecule has 1 fully saturated rings. The molecular weight excluding hydrogens is 412 g/mol. The number of aliphatic hydroxyl groups is 1. The number of carbonyl (C=O) groups excluding carboxylic acids is 3. The topological polar surface area (TPSA) is 105 Å². The molecule has 0 bridgehead atoms. The Bertz CT molecular complexity index is 734. The first-order valence-corrected chi connectivity index (χ1v) is 9.73. The minimum Gasteiger partial charge on any atom is -0.469 e. The molecule has 168 valence electrons. The van der Waals surface area contributed by atoms with E-state index in [4.69, 9.17) is 9.47 Å². The summed E-state index contributed by atoms with van der Waals surface area (Å²) in [5.74, 6) is -3.35. The smallest absolute Gasteiger partial charge is 0.339 e. The molecule has 1 aromatic rings. The second-order valence-corrected chi connectivity index (χ2v) is 7.49. The van der Waals surface area contributed by atoms with Crippen molar-refractivity contribution in [2.45, 2.75) is 25.9 Å². The van der Waals surface area contributed by atoms with Crippen LogP contribution in [-0.2, 0) is 25.5 Å². The SMILES string of the molecule is COC(=O)C(Cc1ccc(C(=O)N2CCNCC2)cc1)C(O)(C(=O)OC)C(C)C.Cl. The molecule has 0 saturated carbocycles. The number of piperazine rings is 1. The number of rotatable bonds is 7. The van der Waals surface area contributed by atoms with Crippen LogP contribution in [-0.4, -0.2) is 73.9 Å². The van der Waals surface area contributed by atoms with E-state index in [0.717, 1.165) is 13.1 Å². The zero-order chi connectivity index (χ0) is 21.6. The van der Waals surface area contributed by atoms with Gasteiger partial charge in [0.05, 0.1) is 14.2 Å². The van der Waals surface area contributed by atoms with Gasteiger partial charge in [-0.15, -0.1) is 12.4 Å². The molecule has 0 aliphatic carbocycles. The molecule has 0 spiro atoms. The predicted molar refractivity (Wildman–Crippen MR) is 113 cm³/mol. The lowest BCUT2D eigenvalue weighted by molar-refractivity contribution is -0.184. The Labute approximate surface area is 183 Å². The van der Waals surface area contributed by atoms with Gasteiger partial charge in [0.2, 0.25) is 0 Å². The minimum absolute atomic E-state index is 0. The third-order valence-electron chi connectivity index (χ3n) is 5.45. The van der Waals surface area contributed by atoms with Crippen molar-refractivity contribution >= 4 is 30.3 Å². The van der Waals surface area contributed by atoms with E-state index in [0.29, 0.717) is 24.2 Å². The lowest BCUT2D eigenvalue weighted by Gasteiger charge is -2.35. The molecule has 30 heavy (non-hydrogen) atoms. The molecule has 1 amide bonds. The summed E-state index contributed by atoms with van der Waals surface area (Å²) in [4.78, 5) is 39.1. The van der Waals surface area contributed by atoms with E-state index in [9.17, 15) is 19.5 Å². The van der Waals surface area contributed by atoms with Crippen molar-refractivity contribution in [2.24, 2.45) is 11.8 Å². The molecule has 9 heteroatoms. The highest BCUT2D eigenvalue weighted by molar-refractivity contribution is 5.94. The number of methoxy groups -OCH3 is 2. The number of hydrogen-bond donors (Lipinski definition) is 2. The van der Waals surface area contributed by atoms with Crippen molar-refractivity contribution in [1.82, 2.24) is 10.2 Å². The Morgan fingerprint density at radius 2 is 1.67 bits per heavy atom. The molecule has 2 N–H and O–H groups in total. The van der Waals surface area contributed by atoms with Gasteiger partial charge in [0.25, 0.3) is 5.91 Å². The highest BCUT2D eigenvalue weighted by atomic mass is 35.5. The molecule has 0 radical (unpaired) electrons. The second-order valence-electron chi connectivity index (χ2n) is 7.49. The van der Waals surface area contributed by atoms with Crippen molar-refractivity contribution in [3.8, 4) is 0 Å². The third kappa shape index (κ3) is 5.50. The quantitative estimate of drug-likeness (QED) is 0.608. The van der Waals surface area contributed by atoms with Gasteiger partial charge in [0.1, 0.15) is 5.92 Å². The van der Waals surface area contributed by atoms with Crippen LogP contribution in [0.4, 0.5) is 0 Å². The van der Waals surface area contributed by atoms with E-state index < -0.39 is 29.4 Å². The van der Waals surface area contributed by atoms with E-state index in [1.807, 2.05) is 0 Å². The number of hydrogen-bond acceptors (Lipinski definition) is 7. The number of ether oxygens (including phenoxy) is 2. The zero-order valence-corrected chi connectivity index (χ0v) is 18.7. The van der Waals surface area contributed by atoms with Gasteiger partial charge in [0, 0.05) is 31.7 Å². The second kappa shape index (κ2) is 11.3. The Balaban J connectivity index is 0.00000450. The number of esters is 2. The molecule has 1 heterocycles. The van der Waals surface area contributed by atoms with Gasteiger partial charge >= 0.3 is 11.9 Å². The van der Waals surface area contributed by atoms with Crippen LogP contribution in [0.25, 0.3) is 0 Å². The molecule has 0 aromatic heterocycles. The normalized spacial score (nSPS) is 16.8. The molecule has 1 aromatic carbocycles. The van der Waals surface area contributed by atoms with E-state index in [1.165, 1.54) is 14.2 Å². The summed E-state index contributed by atoms with van der Waals surface area (Å²) in [6.07, 6.45) is 0.0680. The number of amides is 1. The zero-order valence-electron chi connectivity index (χ0n) is 17.8. The van der Waals surface area contributed by atoms with Crippen molar-refractivity contribution in [2.75, 3.05) is 40.4 Å². The maximum atomic E-state index is 12.6. The summed E-state index contributed by atoms with van der Waals surface area (Å²) in [6.45, 7) is 6.14. The highest BCUT2D eigenvalue weighted by Crippen LogP contribution is 2.32. The summed E-state index contributed by atoms with van der Waals surface area (Å²) in [6, 6.07) is 6.84. The number of nitrogens with zero attached hydrogens (tertiary/aromatic N) is 1. The fourth-order valence-corrected chi connectivity index (χ4v) is 3.57. The summed E-state index contributed by atoms with van der Waals surface area (Å²) >= 11 is 0. The Hall–Kier alpha value is -2.16. The Morgan fingerprint density at radius 3 is 2.13 bits per heavy atom. The van der Waals surface area contributed by atoms with E-state index >= 15 is 0 Å². The van der Waals surface area contributed by atoms with Crippen molar-refractivity contribution in [1.29, 1.82) is 0 Å². The first-order chi connectivity index (χ1) is 13.7. The van der Waals surface area contributed by atoms with Crippen LogP contribution in [0.2, 0.25) is 0 Å². The molecule has 8 nitrogen and oxygen atoms in total. The molecule has 1 aliphatic heterocycles. The van der Waals surface area contributed by atoms with Crippen LogP contribution in [0.5, 0.6) is 0 Å². The standard InChI is InChI=1S/C21H30N2O6.ClH/c1-14(2)21(27,20(26)29-4)17(19(25)28-3)13-15-5-7-16(8-6-15)18(24)23-11-9-22-10-12-23;/h5-8,14,17,22,27H,9-13H2,1-4H3;1H. The first-order valence-electron chi connectivity index (χ1n) is 9.73. The fraction of sp³-hybridized carbons (Fsp3) is 0.571. The molecule has 2 unspecified atom stereocenters. The van der Waals surface area contributed by atoms with Crippen molar-refractivity contribution in [3.05, 3.63) is 35.4 Å². The van der Waals surface area contributed by atoms with Gasteiger partial charge in [-0.2, -0.15) is 0 Å². The first kappa shape index (κ1) is 25.9. The third-order valence-corrected chi connectivity index (χ3v) is 5.45. The number of carbonyl (C=O) groups is 3. The Kier molecular flexibility index (Phi) is 9.74. The van der Waals surface area contributed by atoms with Crippen LogP contribution in [0.1, 0.15) is 29.8 Å². The number of halogens is 1. The van der Waals surface area contributed by atoms with Gasteiger partial charge < -0.3 is 24.8 Å². The van der Waals surface area contributed by atoms with Crippen molar-refractivity contribution in [3.63, 3.8) is 0 Å². The van der Waals surface area contributed by atoms with Gasteiger partial charge in [-0.1, -0.05) is 26.0 Å². The maximum Gasteiger partial charge on any atom is 0.339 e. The maximum absolute atomic E-state index is 12.6. The monoisotopic (exact) mass is 442 g/mol. The highest BCUT2D eigenvalue weighted by Gasteiger charge is 2.51. The molecular formula is C21H31ClN2O6. The van der Waals surface area contributed by atoms with Crippen LogP contribution in [0, 0.1) is 11.8 Å². The van der Waals surface area contributed by atoms with E-state index in [1.54, 1.807) is 43.0 Å². The largest absolute Gasteiger partial charge is 0.469 e. The number of benzene rings is 1. The summed E-state index contributed by atoms with van der Waals surface area (Å²) in [5, 5.41) is 14.3. The lowest BCUT2D eigenvalue weighted by atomic mass is 9.75. The summed E-state index contributed by atoms with van der Waals surface area (Å²) in [7, 11) is 2.38. The van der Waals surface area contributed by atoms with E-state index in [2.05, 4.69) is 5.32 Å². The van der Waals surface area contributed by atoms with Crippen molar-refractivity contribution < 1.29 is 29.0 Å². The van der Waals surface area contributed by atoms with Gasteiger partial charge in [-0.25, -0.2) is 4.79 Å². The van der Waals surface area contributed by atoms with Gasteiger partial charge in [-0.05, 0) is 30.0 Å². The van der Waals surface area contributed by atoms with E-state index in [-0.39, 0.29) is 24.7 Å². The van der Waals surface area contributed by atoms with Crippen LogP contribution >= 0.6 is 12.4 Å². The molecule has 2 rings (SSSR count). The molecule has 1 aliphatic rings.